The molecule has 7 nitrogen and oxygen atoms in total. The van der Waals surface area contributed by atoms with Crippen molar-refractivity contribution < 1.29 is 23.4 Å². The molecular formula is C25H36N2O5. The number of aromatic nitrogens is 1. The maximum absolute atomic E-state index is 13.4. The van der Waals surface area contributed by atoms with Crippen LogP contribution in [0.3, 0.4) is 0 Å². The van der Waals surface area contributed by atoms with Gasteiger partial charge in [0, 0.05) is 56.7 Å². The van der Waals surface area contributed by atoms with Gasteiger partial charge in [0.2, 0.25) is 0 Å². The van der Waals surface area contributed by atoms with Gasteiger partial charge in [0.15, 0.2) is 11.5 Å². The van der Waals surface area contributed by atoms with Gasteiger partial charge in [0.25, 0.3) is 0 Å². The van der Waals surface area contributed by atoms with E-state index in [0.717, 1.165) is 56.7 Å². The topological polar surface area (TPSA) is 74.0 Å². The fraction of sp³-hybridized carbons (Fsp3) is 0.680. The minimum Gasteiger partial charge on any atom is -0.456 e. The second-order valence-corrected chi connectivity index (χ2v) is 9.81. The molecule has 3 heterocycles. The molecule has 0 spiro atoms. The lowest BCUT2D eigenvalue weighted by Gasteiger charge is -2.36. The molecule has 2 saturated heterocycles. The molecule has 0 N–H and O–H groups in total. The van der Waals surface area contributed by atoms with Crippen LogP contribution in [-0.4, -0.2) is 55.6 Å². The maximum Gasteiger partial charge on any atom is 0.341 e. The summed E-state index contributed by atoms with van der Waals surface area (Å²) in [5.41, 5.74) is 3.09. The predicted octanol–water partition coefficient (Wildman–Crippen LogP) is 4.99. The number of hydrogen-bond donors (Lipinski definition) is 0. The third-order valence-corrected chi connectivity index (χ3v) is 6.39. The van der Waals surface area contributed by atoms with Crippen molar-refractivity contribution in [2.75, 3.05) is 37.9 Å². The number of anilines is 1. The number of carbonyl (C=O) groups is 1. The summed E-state index contributed by atoms with van der Waals surface area (Å²) in [6.45, 7) is 13.6. The highest BCUT2D eigenvalue weighted by Gasteiger charge is 2.31. The summed E-state index contributed by atoms with van der Waals surface area (Å²) in [4.78, 5) is 20.6. The van der Waals surface area contributed by atoms with E-state index in [2.05, 4.69) is 17.9 Å². The largest absolute Gasteiger partial charge is 0.456 e. The number of hydrogen-bond acceptors (Lipinski definition) is 7. The molecule has 0 radical (unpaired) electrons. The predicted molar refractivity (Wildman–Crippen MR) is 124 cm³/mol. The Morgan fingerprint density at radius 3 is 2.34 bits per heavy atom. The Morgan fingerprint density at radius 2 is 1.75 bits per heavy atom. The highest BCUT2D eigenvalue weighted by molar-refractivity contribution is 6.05. The first-order chi connectivity index (χ1) is 15.3. The molecule has 1 aromatic heterocycles. The molecule has 0 aliphatic carbocycles. The van der Waals surface area contributed by atoms with Gasteiger partial charge in [-0.05, 0) is 65.9 Å². The molecule has 2 aromatic rings. The summed E-state index contributed by atoms with van der Waals surface area (Å²) in [5, 5.41) is 0. The third-order valence-electron chi connectivity index (χ3n) is 6.39. The molecule has 0 saturated carbocycles. The summed E-state index contributed by atoms with van der Waals surface area (Å²) in [6, 6.07) is 2.43. The summed E-state index contributed by atoms with van der Waals surface area (Å²) >= 11 is 0. The molecule has 2 fully saturated rings. The van der Waals surface area contributed by atoms with E-state index in [0.29, 0.717) is 41.8 Å². The maximum atomic E-state index is 13.4. The second-order valence-electron chi connectivity index (χ2n) is 9.81. The monoisotopic (exact) mass is 444 g/mol. The average molecular weight is 445 g/mol. The first-order valence-corrected chi connectivity index (χ1v) is 11.9. The molecule has 7 heteroatoms. The Morgan fingerprint density at radius 1 is 1.12 bits per heavy atom. The number of benzene rings is 1. The van der Waals surface area contributed by atoms with Crippen molar-refractivity contribution in [1.82, 2.24) is 4.98 Å². The minimum atomic E-state index is -0.593. The van der Waals surface area contributed by atoms with Gasteiger partial charge in [-0.3, -0.25) is 0 Å². The van der Waals surface area contributed by atoms with Gasteiger partial charge < -0.3 is 23.5 Å². The van der Waals surface area contributed by atoms with Crippen molar-refractivity contribution >= 4 is 22.8 Å². The fourth-order valence-corrected chi connectivity index (χ4v) is 4.78. The molecule has 0 atom stereocenters. The van der Waals surface area contributed by atoms with E-state index < -0.39 is 5.60 Å². The van der Waals surface area contributed by atoms with E-state index in [4.69, 9.17) is 23.6 Å². The molecule has 0 bridgehead atoms. The molecule has 2 aliphatic rings. The van der Waals surface area contributed by atoms with Crippen LogP contribution in [0.15, 0.2) is 10.5 Å². The normalized spacial score (nSPS) is 18.8. The summed E-state index contributed by atoms with van der Waals surface area (Å²) in [5.74, 6) is 0.555. The van der Waals surface area contributed by atoms with E-state index in [1.165, 1.54) is 0 Å². The van der Waals surface area contributed by atoms with Crippen LogP contribution < -0.4 is 4.90 Å². The van der Waals surface area contributed by atoms with Gasteiger partial charge in [0.1, 0.15) is 11.1 Å². The van der Waals surface area contributed by atoms with Gasteiger partial charge in [-0.1, -0.05) is 0 Å². The number of fused-ring (bicyclic) bond motifs is 1. The number of oxazole rings is 1. The molecule has 32 heavy (non-hydrogen) atoms. The van der Waals surface area contributed by atoms with Gasteiger partial charge in [-0.15, -0.1) is 0 Å². The Balaban J connectivity index is 1.82. The van der Waals surface area contributed by atoms with E-state index in [1.807, 2.05) is 27.7 Å². The van der Waals surface area contributed by atoms with Crippen LogP contribution in [0.5, 0.6) is 0 Å². The first-order valence-electron chi connectivity index (χ1n) is 11.9. The SMILES string of the molecule is CCN(c1cc2oc(C3CCOCC3)nc2c(C(=O)OC(C)(C)C)c1C)C1CCOCC1. The van der Waals surface area contributed by atoms with Crippen molar-refractivity contribution in [3.8, 4) is 0 Å². The highest BCUT2D eigenvalue weighted by atomic mass is 16.6. The Labute approximate surface area is 190 Å². The van der Waals surface area contributed by atoms with Crippen LogP contribution in [-0.2, 0) is 14.2 Å². The smallest absolute Gasteiger partial charge is 0.341 e. The van der Waals surface area contributed by atoms with Gasteiger partial charge in [-0.25, -0.2) is 9.78 Å². The van der Waals surface area contributed by atoms with Crippen molar-refractivity contribution in [2.24, 2.45) is 0 Å². The number of rotatable bonds is 5. The van der Waals surface area contributed by atoms with Crippen molar-refractivity contribution in [1.29, 1.82) is 0 Å². The van der Waals surface area contributed by atoms with Crippen molar-refractivity contribution in [2.45, 2.75) is 77.9 Å². The zero-order chi connectivity index (χ0) is 22.9. The summed E-state index contributed by atoms with van der Waals surface area (Å²) in [7, 11) is 0. The van der Waals surface area contributed by atoms with E-state index in [9.17, 15) is 4.79 Å². The number of ether oxygens (including phenoxy) is 3. The average Bonchev–Trinajstić information content (AvgIpc) is 3.18. The highest BCUT2D eigenvalue weighted by Crippen LogP contribution is 2.37. The van der Waals surface area contributed by atoms with E-state index >= 15 is 0 Å². The molecule has 176 valence electrons. The zero-order valence-electron chi connectivity index (χ0n) is 20.0. The standard InChI is InChI=1S/C25H36N2O5/c1-6-27(18-9-13-30-14-10-18)19-15-20-22(21(16(19)2)24(28)32-25(3,4)5)26-23(31-20)17-7-11-29-12-8-17/h15,17-18H,6-14H2,1-5H3. The second kappa shape index (κ2) is 9.40. The van der Waals surface area contributed by atoms with E-state index in [-0.39, 0.29) is 11.9 Å². The van der Waals surface area contributed by atoms with E-state index in [1.54, 1.807) is 0 Å². The Bertz CT molecular complexity index is 949. The lowest BCUT2D eigenvalue weighted by molar-refractivity contribution is 0.00707. The van der Waals surface area contributed by atoms with Crippen molar-refractivity contribution in [3.05, 3.63) is 23.1 Å². The van der Waals surface area contributed by atoms with Crippen LogP contribution in [0.1, 0.15) is 81.1 Å². The summed E-state index contributed by atoms with van der Waals surface area (Å²) in [6.07, 6.45) is 3.70. The van der Waals surface area contributed by atoms with Crippen LogP contribution in [0, 0.1) is 6.92 Å². The molecule has 2 aliphatic heterocycles. The first kappa shape index (κ1) is 23.1. The van der Waals surface area contributed by atoms with Crippen molar-refractivity contribution in [3.63, 3.8) is 0 Å². The van der Waals surface area contributed by atoms with Crippen LogP contribution in [0.4, 0.5) is 5.69 Å². The van der Waals surface area contributed by atoms with Gasteiger partial charge >= 0.3 is 5.97 Å². The molecule has 1 aromatic carbocycles. The summed E-state index contributed by atoms with van der Waals surface area (Å²) < 4.78 is 23.2. The third kappa shape index (κ3) is 4.79. The number of carbonyl (C=O) groups excluding carboxylic acids is 1. The Hall–Kier alpha value is -2.12. The van der Waals surface area contributed by atoms with Crippen LogP contribution in [0.25, 0.3) is 11.1 Å². The Kier molecular flexibility index (Phi) is 6.77. The molecule has 0 amide bonds. The number of esters is 1. The molecule has 4 rings (SSSR count). The molecule has 0 unspecified atom stereocenters. The minimum absolute atomic E-state index is 0.212. The lowest BCUT2D eigenvalue weighted by Crippen LogP contribution is -2.40. The zero-order valence-corrected chi connectivity index (χ0v) is 20.0. The van der Waals surface area contributed by atoms with Gasteiger partial charge in [0.05, 0.1) is 5.56 Å². The lowest BCUT2D eigenvalue weighted by atomic mass is 9.99. The van der Waals surface area contributed by atoms with Crippen LogP contribution >= 0.6 is 0 Å². The fourth-order valence-electron chi connectivity index (χ4n) is 4.78. The molecular weight excluding hydrogens is 408 g/mol. The van der Waals surface area contributed by atoms with Gasteiger partial charge in [-0.2, -0.15) is 0 Å². The van der Waals surface area contributed by atoms with Crippen LogP contribution in [0.2, 0.25) is 0 Å². The number of nitrogens with zero attached hydrogens (tertiary/aromatic N) is 2. The quantitative estimate of drug-likeness (QED) is 0.601.